The highest BCUT2D eigenvalue weighted by molar-refractivity contribution is 6.36. The number of hydrogen-bond donors (Lipinski definition) is 0. The fourth-order valence-corrected chi connectivity index (χ4v) is 2.82. The first kappa shape index (κ1) is 16.0. The van der Waals surface area contributed by atoms with Crippen LogP contribution in [0.2, 0.25) is 10.0 Å². The zero-order chi connectivity index (χ0) is 16.6. The number of aliphatic imine (C=N–C) groups is 1. The summed E-state index contributed by atoms with van der Waals surface area (Å²) in [7, 11) is 0. The molecule has 0 N–H and O–H groups in total. The molecule has 0 aliphatic heterocycles. The van der Waals surface area contributed by atoms with Crippen molar-refractivity contribution in [2.45, 2.75) is 26.3 Å². The lowest BCUT2D eigenvalue weighted by Gasteiger charge is -2.21. The van der Waals surface area contributed by atoms with Crippen LogP contribution < -0.4 is 0 Å². The molecule has 3 nitrogen and oxygen atoms in total. The average molecular weight is 346 g/mol. The summed E-state index contributed by atoms with van der Waals surface area (Å²) in [6, 6.07) is 11.3. The van der Waals surface area contributed by atoms with Gasteiger partial charge in [0.15, 0.2) is 0 Å². The number of fused-ring (bicyclic) bond motifs is 1. The second-order valence-corrected chi connectivity index (χ2v) is 7.23. The zero-order valence-electron chi connectivity index (χ0n) is 13.2. The van der Waals surface area contributed by atoms with Crippen LogP contribution in [-0.2, 0) is 5.54 Å². The van der Waals surface area contributed by atoms with Gasteiger partial charge in [0.2, 0.25) is 0 Å². The largest absolute Gasteiger partial charge is 0.325 e. The molecule has 1 aromatic heterocycles. The van der Waals surface area contributed by atoms with Gasteiger partial charge in [-0.3, -0.25) is 4.99 Å². The van der Waals surface area contributed by atoms with Crippen molar-refractivity contribution >= 4 is 46.1 Å². The predicted molar refractivity (Wildman–Crippen MR) is 98.4 cm³/mol. The standard InChI is InChI=1S/C18H17Cl2N3/c1-18(2,3)23-11-22-16-9-14(6-7-17(16)23)21-10-12-4-5-13(19)8-15(12)20/h4-11H,1-3H3. The van der Waals surface area contributed by atoms with E-state index in [2.05, 4.69) is 35.3 Å². The quantitative estimate of drug-likeness (QED) is 0.536. The van der Waals surface area contributed by atoms with Crippen molar-refractivity contribution in [3.05, 3.63) is 58.3 Å². The number of nitrogens with zero attached hydrogens (tertiary/aromatic N) is 3. The normalized spacial score (nSPS) is 12.4. The first-order chi connectivity index (χ1) is 10.8. The Bertz CT molecular complexity index is 889. The Labute approximate surface area is 145 Å². The van der Waals surface area contributed by atoms with Crippen molar-refractivity contribution in [3.63, 3.8) is 0 Å². The molecular weight excluding hydrogens is 329 g/mol. The molecule has 0 bridgehead atoms. The van der Waals surface area contributed by atoms with Crippen molar-refractivity contribution in [1.29, 1.82) is 0 Å². The molecule has 0 aliphatic rings. The van der Waals surface area contributed by atoms with E-state index >= 15 is 0 Å². The Morgan fingerprint density at radius 1 is 1.09 bits per heavy atom. The number of benzene rings is 2. The molecule has 0 radical (unpaired) electrons. The summed E-state index contributed by atoms with van der Waals surface area (Å²) in [5.74, 6) is 0. The van der Waals surface area contributed by atoms with Gasteiger partial charge >= 0.3 is 0 Å². The highest BCUT2D eigenvalue weighted by Crippen LogP contribution is 2.26. The minimum absolute atomic E-state index is 0.00360. The molecule has 0 fully saturated rings. The van der Waals surface area contributed by atoms with Crippen LogP contribution in [0.3, 0.4) is 0 Å². The fourth-order valence-electron chi connectivity index (χ4n) is 2.37. The molecule has 3 rings (SSSR count). The topological polar surface area (TPSA) is 30.2 Å². The third kappa shape index (κ3) is 3.41. The van der Waals surface area contributed by atoms with E-state index in [1.54, 1.807) is 18.3 Å². The zero-order valence-corrected chi connectivity index (χ0v) is 14.7. The molecule has 0 atom stereocenters. The molecule has 1 heterocycles. The first-order valence-corrected chi connectivity index (χ1v) is 8.07. The molecule has 0 spiro atoms. The third-order valence-electron chi connectivity index (χ3n) is 3.57. The molecule has 0 saturated heterocycles. The molecule has 5 heteroatoms. The molecule has 0 aliphatic carbocycles. The SMILES string of the molecule is CC(C)(C)n1cnc2cc(N=Cc3ccc(Cl)cc3Cl)ccc21. The van der Waals surface area contributed by atoms with Crippen molar-refractivity contribution in [3.8, 4) is 0 Å². The average Bonchev–Trinajstić information content (AvgIpc) is 2.89. The Morgan fingerprint density at radius 3 is 2.57 bits per heavy atom. The maximum Gasteiger partial charge on any atom is 0.0963 e. The van der Waals surface area contributed by atoms with E-state index in [4.69, 9.17) is 23.2 Å². The van der Waals surface area contributed by atoms with Crippen LogP contribution in [0.1, 0.15) is 26.3 Å². The smallest absolute Gasteiger partial charge is 0.0963 e. The lowest BCUT2D eigenvalue weighted by molar-refractivity contribution is 0.408. The third-order valence-corrected chi connectivity index (χ3v) is 4.13. The summed E-state index contributed by atoms with van der Waals surface area (Å²) < 4.78 is 2.16. The van der Waals surface area contributed by atoms with Crippen LogP contribution in [-0.4, -0.2) is 15.8 Å². The summed E-state index contributed by atoms with van der Waals surface area (Å²) in [5, 5.41) is 1.20. The maximum atomic E-state index is 6.15. The minimum Gasteiger partial charge on any atom is -0.325 e. The van der Waals surface area contributed by atoms with Gasteiger partial charge in [-0.15, -0.1) is 0 Å². The Hall–Kier alpha value is -1.84. The fraction of sp³-hybridized carbons (Fsp3) is 0.222. The maximum absolute atomic E-state index is 6.15. The van der Waals surface area contributed by atoms with Gasteiger partial charge in [-0.1, -0.05) is 29.3 Å². The van der Waals surface area contributed by atoms with Gasteiger partial charge in [0, 0.05) is 22.3 Å². The molecule has 0 unspecified atom stereocenters. The van der Waals surface area contributed by atoms with Crippen molar-refractivity contribution < 1.29 is 0 Å². The van der Waals surface area contributed by atoms with Crippen molar-refractivity contribution in [2.24, 2.45) is 4.99 Å². The van der Waals surface area contributed by atoms with Gasteiger partial charge in [-0.05, 0) is 51.1 Å². The Kier molecular flexibility index (Phi) is 4.17. The van der Waals surface area contributed by atoms with Crippen LogP contribution >= 0.6 is 23.2 Å². The van der Waals surface area contributed by atoms with E-state index in [9.17, 15) is 0 Å². The van der Waals surface area contributed by atoms with Crippen LogP contribution in [0.5, 0.6) is 0 Å². The summed E-state index contributed by atoms with van der Waals surface area (Å²) in [6.07, 6.45) is 3.61. The predicted octanol–water partition coefficient (Wildman–Crippen LogP) is 5.85. The van der Waals surface area contributed by atoms with Crippen LogP contribution in [0, 0.1) is 0 Å². The van der Waals surface area contributed by atoms with E-state index in [1.807, 2.05) is 30.6 Å². The molecule has 0 saturated carbocycles. The van der Waals surface area contributed by atoms with Crippen LogP contribution in [0.25, 0.3) is 11.0 Å². The number of hydrogen-bond acceptors (Lipinski definition) is 2. The number of imidazole rings is 1. The molecule has 0 amide bonds. The molecular formula is C18H17Cl2N3. The van der Waals surface area contributed by atoms with E-state index in [1.165, 1.54) is 0 Å². The lowest BCUT2D eigenvalue weighted by atomic mass is 10.1. The Balaban J connectivity index is 1.94. The number of halogens is 2. The van der Waals surface area contributed by atoms with Gasteiger partial charge < -0.3 is 4.57 Å². The van der Waals surface area contributed by atoms with Crippen molar-refractivity contribution in [1.82, 2.24) is 9.55 Å². The number of aromatic nitrogens is 2. The molecule has 118 valence electrons. The highest BCUT2D eigenvalue weighted by atomic mass is 35.5. The summed E-state index contributed by atoms with van der Waals surface area (Å²) in [5.41, 5.74) is 3.69. The monoisotopic (exact) mass is 345 g/mol. The lowest BCUT2D eigenvalue weighted by Crippen LogP contribution is -2.20. The van der Waals surface area contributed by atoms with Crippen LogP contribution in [0.4, 0.5) is 5.69 Å². The van der Waals surface area contributed by atoms with Gasteiger partial charge in [-0.25, -0.2) is 4.98 Å². The first-order valence-electron chi connectivity index (χ1n) is 7.31. The molecule has 3 aromatic rings. The van der Waals surface area contributed by atoms with Crippen molar-refractivity contribution in [2.75, 3.05) is 0 Å². The molecule has 23 heavy (non-hydrogen) atoms. The van der Waals surface area contributed by atoms with E-state index in [-0.39, 0.29) is 5.54 Å². The van der Waals surface area contributed by atoms with E-state index in [0.717, 1.165) is 22.3 Å². The highest BCUT2D eigenvalue weighted by Gasteiger charge is 2.15. The van der Waals surface area contributed by atoms with Gasteiger partial charge in [0.05, 0.1) is 28.1 Å². The second kappa shape index (κ2) is 5.99. The second-order valence-electron chi connectivity index (χ2n) is 6.38. The Morgan fingerprint density at radius 2 is 1.87 bits per heavy atom. The summed E-state index contributed by atoms with van der Waals surface area (Å²) >= 11 is 12.1. The number of rotatable bonds is 2. The summed E-state index contributed by atoms with van der Waals surface area (Å²) in [4.78, 5) is 8.96. The van der Waals surface area contributed by atoms with Gasteiger partial charge in [0.25, 0.3) is 0 Å². The summed E-state index contributed by atoms with van der Waals surface area (Å²) in [6.45, 7) is 6.47. The molecule has 2 aromatic carbocycles. The van der Waals surface area contributed by atoms with Crippen LogP contribution in [0.15, 0.2) is 47.7 Å². The minimum atomic E-state index is -0.00360. The van der Waals surface area contributed by atoms with Gasteiger partial charge in [-0.2, -0.15) is 0 Å². The van der Waals surface area contributed by atoms with Gasteiger partial charge in [0.1, 0.15) is 0 Å². The van der Waals surface area contributed by atoms with E-state index in [0.29, 0.717) is 10.0 Å². The van der Waals surface area contributed by atoms with E-state index < -0.39 is 0 Å².